The molecular formula is C16H28N2. The molecule has 0 amide bonds. The number of hydrogen-bond acceptors (Lipinski definition) is 2. The fraction of sp³-hybridized carbons (Fsp3) is 0.625. The van der Waals surface area contributed by atoms with Crippen molar-refractivity contribution >= 4 is 0 Å². The van der Waals surface area contributed by atoms with Crippen LogP contribution in [-0.4, -0.2) is 31.6 Å². The monoisotopic (exact) mass is 248 g/mol. The standard InChI is InChI=1S/C16H28N2/c1-6-7-15-8-10-16(11-9-15)14(3)17-13(2)12-18(4)5/h8-11,13-14,17H,6-7,12H2,1-5H3. The lowest BCUT2D eigenvalue weighted by molar-refractivity contribution is 0.334. The predicted molar refractivity (Wildman–Crippen MR) is 80.0 cm³/mol. The summed E-state index contributed by atoms with van der Waals surface area (Å²) in [6, 6.07) is 9.94. The first-order valence-corrected chi connectivity index (χ1v) is 7.02. The summed E-state index contributed by atoms with van der Waals surface area (Å²) in [4.78, 5) is 2.22. The highest BCUT2D eigenvalue weighted by Gasteiger charge is 2.09. The highest BCUT2D eigenvalue weighted by molar-refractivity contribution is 5.24. The molecule has 18 heavy (non-hydrogen) atoms. The molecule has 1 aromatic rings. The van der Waals surface area contributed by atoms with E-state index in [1.54, 1.807) is 0 Å². The Morgan fingerprint density at radius 1 is 1.11 bits per heavy atom. The molecule has 0 aromatic heterocycles. The normalized spacial score (nSPS) is 14.8. The molecule has 0 aliphatic heterocycles. The Balaban J connectivity index is 2.52. The molecule has 1 rings (SSSR count). The van der Waals surface area contributed by atoms with Crippen LogP contribution in [0, 0.1) is 0 Å². The summed E-state index contributed by atoms with van der Waals surface area (Å²) in [5.74, 6) is 0. The molecule has 0 bridgehead atoms. The summed E-state index contributed by atoms with van der Waals surface area (Å²) >= 11 is 0. The van der Waals surface area contributed by atoms with Gasteiger partial charge in [0.1, 0.15) is 0 Å². The van der Waals surface area contributed by atoms with E-state index in [0.29, 0.717) is 12.1 Å². The van der Waals surface area contributed by atoms with Gasteiger partial charge in [-0.1, -0.05) is 37.6 Å². The molecule has 2 heteroatoms. The lowest BCUT2D eigenvalue weighted by Crippen LogP contribution is -2.37. The molecule has 0 aliphatic rings. The van der Waals surface area contributed by atoms with Crippen LogP contribution in [0.25, 0.3) is 0 Å². The molecule has 2 atom stereocenters. The van der Waals surface area contributed by atoms with Gasteiger partial charge in [-0.25, -0.2) is 0 Å². The Kier molecular flexibility index (Phi) is 6.37. The smallest absolute Gasteiger partial charge is 0.0294 e. The minimum atomic E-state index is 0.413. The second-order valence-corrected chi connectivity index (χ2v) is 5.54. The van der Waals surface area contributed by atoms with Crippen molar-refractivity contribution < 1.29 is 0 Å². The molecule has 1 aromatic carbocycles. The minimum Gasteiger partial charge on any atom is -0.308 e. The van der Waals surface area contributed by atoms with Crippen LogP contribution in [0.2, 0.25) is 0 Å². The van der Waals surface area contributed by atoms with Crippen molar-refractivity contribution in [1.82, 2.24) is 10.2 Å². The molecule has 2 unspecified atom stereocenters. The van der Waals surface area contributed by atoms with Crippen LogP contribution in [0.5, 0.6) is 0 Å². The molecule has 2 nitrogen and oxygen atoms in total. The average molecular weight is 248 g/mol. The predicted octanol–water partition coefficient (Wildman–Crippen LogP) is 3.24. The molecule has 0 fully saturated rings. The van der Waals surface area contributed by atoms with Crippen LogP contribution in [-0.2, 0) is 6.42 Å². The van der Waals surface area contributed by atoms with Crippen molar-refractivity contribution in [1.29, 1.82) is 0 Å². The zero-order chi connectivity index (χ0) is 13.5. The summed E-state index contributed by atoms with van der Waals surface area (Å²) in [7, 11) is 4.23. The third-order valence-corrected chi connectivity index (χ3v) is 3.19. The summed E-state index contributed by atoms with van der Waals surface area (Å²) in [5.41, 5.74) is 2.82. The van der Waals surface area contributed by atoms with Crippen LogP contribution in [0.3, 0.4) is 0 Å². The van der Waals surface area contributed by atoms with Gasteiger partial charge >= 0.3 is 0 Å². The van der Waals surface area contributed by atoms with Gasteiger partial charge in [0.05, 0.1) is 0 Å². The Labute approximate surface area is 112 Å². The van der Waals surface area contributed by atoms with Gasteiger partial charge in [0, 0.05) is 18.6 Å². The van der Waals surface area contributed by atoms with Crippen molar-refractivity contribution in [3.05, 3.63) is 35.4 Å². The largest absolute Gasteiger partial charge is 0.308 e. The lowest BCUT2D eigenvalue weighted by Gasteiger charge is -2.23. The fourth-order valence-corrected chi connectivity index (χ4v) is 2.39. The van der Waals surface area contributed by atoms with E-state index in [9.17, 15) is 0 Å². The second kappa shape index (κ2) is 7.55. The Morgan fingerprint density at radius 3 is 2.22 bits per heavy atom. The number of benzene rings is 1. The third-order valence-electron chi connectivity index (χ3n) is 3.19. The zero-order valence-electron chi connectivity index (χ0n) is 12.5. The van der Waals surface area contributed by atoms with Gasteiger partial charge in [-0.2, -0.15) is 0 Å². The second-order valence-electron chi connectivity index (χ2n) is 5.54. The molecule has 0 heterocycles. The van der Waals surface area contributed by atoms with Crippen LogP contribution in [0.1, 0.15) is 44.4 Å². The SMILES string of the molecule is CCCc1ccc(C(C)NC(C)CN(C)C)cc1. The lowest BCUT2D eigenvalue weighted by atomic mass is 10.0. The summed E-state index contributed by atoms with van der Waals surface area (Å²) < 4.78 is 0. The van der Waals surface area contributed by atoms with E-state index < -0.39 is 0 Å². The fourth-order valence-electron chi connectivity index (χ4n) is 2.39. The molecule has 0 radical (unpaired) electrons. The van der Waals surface area contributed by atoms with Crippen molar-refractivity contribution in [2.75, 3.05) is 20.6 Å². The van der Waals surface area contributed by atoms with Crippen LogP contribution < -0.4 is 5.32 Å². The molecule has 1 N–H and O–H groups in total. The first-order chi connectivity index (χ1) is 8.52. The average Bonchev–Trinajstić information content (AvgIpc) is 2.29. The molecule has 0 saturated carbocycles. The summed E-state index contributed by atoms with van der Waals surface area (Å²) in [6.07, 6.45) is 2.39. The first kappa shape index (κ1) is 15.2. The third kappa shape index (κ3) is 5.19. The van der Waals surface area contributed by atoms with E-state index in [1.807, 2.05) is 0 Å². The van der Waals surface area contributed by atoms with Crippen LogP contribution >= 0.6 is 0 Å². The van der Waals surface area contributed by atoms with E-state index in [4.69, 9.17) is 0 Å². The van der Waals surface area contributed by atoms with Crippen LogP contribution in [0.15, 0.2) is 24.3 Å². The zero-order valence-corrected chi connectivity index (χ0v) is 12.5. The highest BCUT2D eigenvalue weighted by atomic mass is 15.1. The van der Waals surface area contributed by atoms with Gasteiger partial charge in [-0.05, 0) is 45.5 Å². The molecule has 0 aliphatic carbocycles. The van der Waals surface area contributed by atoms with Gasteiger partial charge in [0.15, 0.2) is 0 Å². The number of nitrogens with zero attached hydrogens (tertiary/aromatic N) is 1. The van der Waals surface area contributed by atoms with Crippen molar-refractivity contribution in [2.45, 2.75) is 45.7 Å². The number of nitrogens with one attached hydrogen (secondary N) is 1. The maximum absolute atomic E-state index is 3.64. The molecule has 102 valence electrons. The maximum Gasteiger partial charge on any atom is 0.0294 e. The molecular weight excluding hydrogens is 220 g/mol. The highest BCUT2D eigenvalue weighted by Crippen LogP contribution is 2.15. The van der Waals surface area contributed by atoms with E-state index in [1.165, 1.54) is 24.0 Å². The quantitative estimate of drug-likeness (QED) is 0.797. The van der Waals surface area contributed by atoms with E-state index in [-0.39, 0.29) is 0 Å². The van der Waals surface area contributed by atoms with Crippen molar-refractivity contribution in [2.24, 2.45) is 0 Å². The number of rotatable bonds is 7. The van der Waals surface area contributed by atoms with Gasteiger partial charge < -0.3 is 10.2 Å². The van der Waals surface area contributed by atoms with Crippen molar-refractivity contribution in [3.63, 3.8) is 0 Å². The Bertz CT molecular complexity index is 329. The Morgan fingerprint density at radius 2 is 1.72 bits per heavy atom. The maximum atomic E-state index is 3.64. The van der Waals surface area contributed by atoms with Gasteiger partial charge in [-0.15, -0.1) is 0 Å². The minimum absolute atomic E-state index is 0.413. The van der Waals surface area contributed by atoms with Gasteiger partial charge in [0.2, 0.25) is 0 Å². The van der Waals surface area contributed by atoms with E-state index >= 15 is 0 Å². The van der Waals surface area contributed by atoms with E-state index in [2.05, 4.69) is 69.3 Å². The number of likely N-dealkylation sites (N-methyl/N-ethyl adjacent to an activating group) is 1. The van der Waals surface area contributed by atoms with Crippen molar-refractivity contribution in [3.8, 4) is 0 Å². The van der Waals surface area contributed by atoms with Gasteiger partial charge in [0.25, 0.3) is 0 Å². The van der Waals surface area contributed by atoms with Crippen LogP contribution in [0.4, 0.5) is 0 Å². The topological polar surface area (TPSA) is 15.3 Å². The molecule has 0 spiro atoms. The first-order valence-electron chi connectivity index (χ1n) is 7.02. The van der Waals surface area contributed by atoms with Gasteiger partial charge in [-0.3, -0.25) is 0 Å². The molecule has 0 saturated heterocycles. The summed E-state index contributed by atoms with van der Waals surface area (Å²) in [6.45, 7) is 7.77. The number of aryl methyl sites for hydroxylation is 1. The summed E-state index contributed by atoms with van der Waals surface area (Å²) in [5, 5.41) is 3.64. The Hall–Kier alpha value is -0.860. The van der Waals surface area contributed by atoms with E-state index in [0.717, 1.165) is 6.54 Å². The number of hydrogen-bond donors (Lipinski definition) is 1.